The van der Waals surface area contributed by atoms with Crippen molar-refractivity contribution >= 4 is 50.8 Å². The van der Waals surface area contributed by atoms with Crippen molar-refractivity contribution in [2.45, 2.75) is 50.3 Å². The Bertz CT molecular complexity index is 1570. The number of nitrogens with one attached hydrogen (secondary N) is 1. The summed E-state index contributed by atoms with van der Waals surface area (Å²) < 4.78 is 42.4. The number of hydrogen-bond donors (Lipinski definition) is 1. The van der Waals surface area contributed by atoms with Crippen LogP contribution in [0.15, 0.2) is 83.8 Å². The Morgan fingerprint density at radius 1 is 0.844 bits per heavy atom. The van der Waals surface area contributed by atoms with Crippen molar-refractivity contribution in [1.82, 2.24) is 15.1 Å². The minimum absolute atomic E-state index is 0.0302. The number of rotatable bonds is 9. The normalized spacial score (nSPS) is 14.3. The Balaban J connectivity index is 1.43. The zero-order chi connectivity index (χ0) is 32.6. The van der Waals surface area contributed by atoms with Crippen LogP contribution in [0.1, 0.15) is 31.9 Å². The molecule has 1 aliphatic rings. The molecule has 13 heteroatoms. The fraction of sp³-hybridized carbons (Fsp3) is 0.344. The molecule has 0 saturated carbocycles. The number of nitrogens with zero attached hydrogens (tertiary/aromatic N) is 2. The number of ether oxygens (including phenoxy) is 2. The molecule has 0 unspecified atom stereocenters. The molecule has 1 fully saturated rings. The van der Waals surface area contributed by atoms with E-state index in [-0.39, 0.29) is 55.8 Å². The van der Waals surface area contributed by atoms with Gasteiger partial charge in [0.2, 0.25) is 5.91 Å². The quantitative estimate of drug-likeness (QED) is 0.240. The van der Waals surface area contributed by atoms with E-state index in [1.165, 1.54) is 24.3 Å². The predicted octanol–water partition coefficient (Wildman–Crippen LogP) is 4.98. The van der Waals surface area contributed by atoms with Crippen LogP contribution in [0.2, 0.25) is 0 Å². The Morgan fingerprint density at radius 2 is 1.44 bits per heavy atom. The second-order valence-corrected chi connectivity index (χ2v) is 14.2. The second kappa shape index (κ2) is 15.0. The smallest absolute Gasteiger partial charge is 0.410 e. The molecule has 45 heavy (non-hydrogen) atoms. The molecule has 0 radical (unpaired) electrons. The molecule has 0 bridgehead atoms. The van der Waals surface area contributed by atoms with Gasteiger partial charge in [-0.1, -0.05) is 42.5 Å². The van der Waals surface area contributed by atoms with Crippen LogP contribution in [0.25, 0.3) is 0 Å². The molecule has 3 aromatic carbocycles. The molecule has 0 spiro atoms. The lowest BCUT2D eigenvalue weighted by atomic mass is 10.0. The molecule has 0 aromatic heterocycles. The third-order valence-electron chi connectivity index (χ3n) is 6.72. The van der Waals surface area contributed by atoms with Crippen LogP contribution in [-0.4, -0.2) is 74.1 Å². The lowest BCUT2D eigenvalue weighted by molar-refractivity contribution is -0.135. The maximum Gasteiger partial charge on any atom is 0.410 e. The maximum absolute atomic E-state index is 13.7. The lowest BCUT2D eigenvalue weighted by Gasteiger charge is -2.37. The molecule has 0 aliphatic carbocycles. The molecule has 1 saturated heterocycles. The molecule has 4 rings (SSSR count). The first-order chi connectivity index (χ1) is 21.3. The van der Waals surface area contributed by atoms with Gasteiger partial charge in [0.25, 0.3) is 0 Å². The van der Waals surface area contributed by atoms with E-state index in [2.05, 4.69) is 27.9 Å². The molecule has 240 valence electrons. The summed E-state index contributed by atoms with van der Waals surface area (Å²) in [7, 11) is -4.03. The third-order valence-corrected chi connectivity index (χ3v) is 8.70. The first-order valence-corrected chi connectivity index (χ1v) is 16.8. The minimum Gasteiger partial charge on any atom is -0.445 e. The van der Waals surface area contributed by atoms with E-state index in [9.17, 15) is 22.8 Å². The average molecular weight is 750 g/mol. The van der Waals surface area contributed by atoms with E-state index in [1.54, 1.807) is 54.8 Å². The number of benzene rings is 3. The third kappa shape index (κ3) is 10.3. The van der Waals surface area contributed by atoms with Crippen LogP contribution in [0, 0.1) is 3.57 Å². The highest BCUT2D eigenvalue weighted by Crippen LogP contribution is 2.21. The molecule has 1 N–H and O–H groups in total. The van der Waals surface area contributed by atoms with Gasteiger partial charge in [0.15, 0.2) is 0 Å². The van der Waals surface area contributed by atoms with Crippen LogP contribution in [-0.2, 0) is 37.4 Å². The number of carbonyl (C=O) groups is 3. The number of hydrogen-bond acceptors (Lipinski definition) is 8. The monoisotopic (exact) mass is 749 g/mol. The largest absolute Gasteiger partial charge is 0.445 e. The minimum atomic E-state index is -4.03. The molecule has 3 aromatic rings. The van der Waals surface area contributed by atoms with E-state index >= 15 is 0 Å². The first kappa shape index (κ1) is 34.0. The Labute approximate surface area is 277 Å². The van der Waals surface area contributed by atoms with Gasteiger partial charge >= 0.3 is 22.3 Å². The fourth-order valence-corrected chi connectivity index (χ4v) is 5.75. The van der Waals surface area contributed by atoms with E-state index in [0.29, 0.717) is 5.56 Å². The molecule has 1 atom stereocenters. The highest BCUT2D eigenvalue weighted by molar-refractivity contribution is 14.1. The van der Waals surface area contributed by atoms with Crippen molar-refractivity contribution in [1.29, 1.82) is 0 Å². The van der Waals surface area contributed by atoms with Crippen LogP contribution in [0.4, 0.5) is 9.59 Å². The topological polar surface area (TPSA) is 132 Å². The maximum atomic E-state index is 13.7. The zero-order valence-electron chi connectivity index (χ0n) is 25.3. The zero-order valence-corrected chi connectivity index (χ0v) is 28.2. The summed E-state index contributed by atoms with van der Waals surface area (Å²) in [5.74, 6) is -0.231. The number of amides is 3. The van der Waals surface area contributed by atoms with Gasteiger partial charge < -0.3 is 28.8 Å². The number of piperazine rings is 1. The summed E-state index contributed by atoms with van der Waals surface area (Å²) in [4.78, 5) is 42.1. The van der Waals surface area contributed by atoms with Gasteiger partial charge in [-0.25, -0.2) is 9.59 Å². The van der Waals surface area contributed by atoms with Crippen LogP contribution in [0.5, 0.6) is 5.75 Å². The summed E-state index contributed by atoms with van der Waals surface area (Å²) in [6.45, 7) is 6.50. The first-order valence-electron chi connectivity index (χ1n) is 14.3. The highest BCUT2D eigenvalue weighted by atomic mass is 127. The van der Waals surface area contributed by atoms with E-state index < -0.39 is 33.9 Å². The van der Waals surface area contributed by atoms with Crippen molar-refractivity contribution in [2.75, 3.05) is 26.2 Å². The molecular formula is C32H36IN3O8S. The standard InChI is InChI=1S/C32H36IN3O8S/c1-32(2,3)43-31(39)36-19-17-35(18-20-36)29(37)28(34-30(38)42-22-24-7-5-4-6-8-24)21-23-9-13-26(14-10-23)44-45(40,41)27-15-11-25(33)12-16-27/h4-16,28H,17-22H2,1-3H3,(H,34,38)/t28-/m0/s1. The van der Waals surface area contributed by atoms with Gasteiger partial charge in [-0.05, 0) is 90.9 Å². The van der Waals surface area contributed by atoms with Crippen LogP contribution >= 0.6 is 22.6 Å². The fourth-order valence-electron chi connectivity index (χ4n) is 4.46. The average Bonchev–Trinajstić information content (AvgIpc) is 3.00. The summed E-state index contributed by atoms with van der Waals surface area (Å²) in [6.07, 6.45) is -1.09. The van der Waals surface area contributed by atoms with Gasteiger partial charge in [0.1, 0.15) is 28.9 Å². The van der Waals surface area contributed by atoms with E-state index in [4.69, 9.17) is 13.7 Å². The van der Waals surface area contributed by atoms with Crippen molar-refractivity contribution in [3.63, 3.8) is 0 Å². The Kier molecular flexibility index (Phi) is 11.3. The van der Waals surface area contributed by atoms with Gasteiger partial charge in [0.05, 0.1) is 0 Å². The summed E-state index contributed by atoms with van der Waals surface area (Å²) in [5.41, 5.74) is 0.817. The molecular weight excluding hydrogens is 713 g/mol. The Morgan fingerprint density at radius 3 is 2.04 bits per heavy atom. The summed E-state index contributed by atoms with van der Waals surface area (Å²) in [6, 6.07) is 20.7. The van der Waals surface area contributed by atoms with E-state index in [1.807, 2.05) is 30.3 Å². The predicted molar refractivity (Wildman–Crippen MR) is 175 cm³/mol. The number of halogens is 1. The SMILES string of the molecule is CC(C)(C)OC(=O)N1CCN(C(=O)[C@H](Cc2ccc(OS(=O)(=O)c3ccc(I)cc3)cc2)NC(=O)OCc2ccccc2)CC1. The van der Waals surface area contributed by atoms with Crippen LogP contribution < -0.4 is 9.50 Å². The second-order valence-electron chi connectivity index (χ2n) is 11.4. The van der Waals surface area contributed by atoms with Crippen molar-refractivity contribution in [3.05, 3.63) is 93.6 Å². The summed E-state index contributed by atoms with van der Waals surface area (Å²) in [5, 5.41) is 2.69. The molecule has 11 nitrogen and oxygen atoms in total. The van der Waals surface area contributed by atoms with Crippen molar-refractivity contribution in [3.8, 4) is 5.75 Å². The van der Waals surface area contributed by atoms with Gasteiger partial charge in [-0.2, -0.15) is 8.42 Å². The van der Waals surface area contributed by atoms with Crippen LogP contribution in [0.3, 0.4) is 0 Å². The number of carbonyl (C=O) groups excluding carboxylic acids is 3. The molecule has 1 heterocycles. The Hall–Kier alpha value is -3.85. The van der Waals surface area contributed by atoms with Gasteiger partial charge in [-0.3, -0.25) is 4.79 Å². The number of alkyl carbamates (subject to hydrolysis) is 1. The van der Waals surface area contributed by atoms with Crippen molar-refractivity contribution < 1.29 is 36.5 Å². The van der Waals surface area contributed by atoms with Crippen molar-refractivity contribution in [2.24, 2.45) is 0 Å². The summed E-state index contributed by atoms with van der Waals surface area (Å²) >= 11 is 2.08. The molecule has 1 aliphatic heterocycles. The molecule has 3 amide bonds. The van der Waals surface area contributed by atoms with Gasteiger partial charge in [-0.15, -0.1) is 0 Å². The lowest BCUT2D eigenvalue weighted by Crippen LogP contribution is -2.56. The highest BCUT2D eigenvalue weighted by Gasteiger charge is 2.32. The van der Waals surface area contributed by atoms with Gasteiger partial charge in [0, 0.05) is 36.2 Å². The van der Waals surface area contributed by atoms with E-state index in [0.717, 1.165) is 9.13 Å².